The Kier molecular flexibility index (Phi) is 5.42. The molecule has 2 fully saturated rings. The van der Waals surface area contributed by atoms with Crippen LogP contribution < -0.4 is 5.56 Å². The van der Waals surface area contributed by atoms with Crippen LogP contribution in [0.1, 0.15) is 45.1 Å². The van der Waals surface area contributed by atoms with Crippen molar-refractivity contribution >= 4 is 22.9 Å². The Labute approximate surface area is 186 Å². The molecule has 7 heteroatoms. The van der Waals surface area contributed by atoms with Gasteiger partial charge in [0.15, 0.2) is 0 Å². The largest absolute Gasteiger partial charge is 0.322 e. The van der Waals surface area contributed by atoms with Crippen LogP contribution in [0.5, 0.6) is 0 Å². The van der Waals surface area contributed by atoms with E-state index in [1.807, 2.05) is 37.1 Å². The number of hydrogen-bond acceptors (Lipinski definition) is 4. The van der Waals surface area contributed by atoms with Crippen LogP contribution in [0.2, 0.25) is 0 Å². The monoisotopic (exact) mass is 440 g/mol. The van der Waals surface area contributed by atoms with E-state index in [-0.39, 0.29) is 11.4 Å². The molecule has 2 aromatic heterocycles. The first kappa shape index (κ1) is 20.8. The molecule has 164 valence electrons. The summed E-state index contributed by atoms with van der Waals surface area (Å²) in [6.07, 6.45) is 3.72. The first-order valence-electron chi connectivity index (χ1n) is 11.2. The number of H-pyrrole nitrogens is 1. The van der Waals surface area contributed by atoms with Gasteiger partial charge in [0.2, 0.25) is 0 Å². The van der Waals surface area contributed by atoms with Gasteiger partial charge in [-0.25, -0.2) is 8.70 Å². The molecule has 0 amide bonds. The lowest BCUT2D eigenvalue weighted by molar-refractivity contribution is 0.492. The third kappa shape index (κ3) is 3.82. The standard InChI is InChI=1S/C24H29FN4OS/c1-4-29-23-10-16(9-21(25)20(23)11-26-29)22-6-5-19(24(30)27-22)15-7-17-12-28(31-14(2)3)13-18(17)8-15/h5-6,9-11,14-15,17-18H,4,7-8,12-13H2,1-3H3,(H,27,30). The highest BCUT2D eigenvalue weighted by Crippen LogP contribution is 2.47. The van der Waals surface area contributed by atoms with Crippen molar-refractivity contribution in [3.05, 3.63) is 52.2 Å². The lowest BCUT2D eigenvalue weighted by Gasteiger charge is -2.19. The van der Waals surface area contributed by atoms with Crippen LogP contribution in [-0.2, 0) is 6.54 Å². The van der Waals surface area contributed by atoms with Gasteiger partial charge in [0.1, 0.15) is 5.82 Å². The van der Waals surface area contributed by atoms with Crippen molar-refractivity contribution in [2.45, 2.75) is 51.3 Å². The molecule has 31 heavy (non-hydrogen) atoms. The molecule has 5 nitrogen and oxygen atoms in total. The van der Waals surface area contributed by atoms with Gasteiger partial charge in [-0.1, -0.05) is 31.9 Å². The average molecular weight is 441 g/mol. The maximum Gasteiger partial charge on any atom is 0.251 e. The SMILES string of the molecule is CCn1ncc2c(F)cc(-c3ccc(C4CC5CN(SC(C)C)CC5C4)c(=O)[nH]3)cc21. The summed E-state index contributed by atoms with van der Waals surface area (Å²) in [6.45, 7) is 9.38. The molecule has 1 N–H and O–H groups in total. The van der Waals surface area contributed by atoms with Gasteiger partial charge in [0.05, 0.1) is 17.1 Å². The van der Waals surface area contributed by atoms with E-state index in [2.05, 4.69) is 28.2 Å². The summed E-state index contributed by atoms with van der Waals surface area (Å²) in [5, 5.41) is 5.36. The molecule has 0 spiro atoms. The second-order valence-electron chi connectivity index (χ2n) is 9.20. The van der Waals surface area contributed by atoms with Crippen molar-refractivity contribution in [1.82, 2.24) is 19.1 Å². The number of hydrogen-bond donors (Lipinski definition) is 1. The molecule has 1 aromatic carbocycles. The topological polar surface area (TPSA) is 53.9 Å². The fourth-order valence-electron chi connectivity index (χ4n) is 5.41. The van der Waals surface area contributed by atoms with E-state index >= 15 is 0 Å². The number of aromatic nitrogens is 3. The highest BCUT2D eigenvalue weighted by atomic mass is 32.2. The molecule has 0 radical (unpaired) electrons. The van der Waals surface area contributed by atoms with Crippen molar-refractivity contribution in [3.63, 3.8) is 0 Å². The molecule has 1 aliphatic heterocycles. The molecule has 3 aromatic rings. The number of aryl methyl sites for hydroxylation is 1. The number of pyridine rings is 1. The number of fused-ring (bicyclic) bond motifs is 2. The van der Waals surface area contributed by atoms with E-state index in [9.17, 15) is 9.18 Å². The molecule has 2 atom stereocenters. The van der Waals surface area contributed by atoms with Crippen LogP contribution in [-0.4, -0.2) is 37.4 Å². The van der Waals surface area contributed by atoms with Gasteiger partial charge >= 0.3 is 0 Å². The van der Waals surface area contributed by atoms with Crippen LogP contribution >= 0.6 is 11.9 Å². The fraction of sp³-hybridized carbons (Fsp3) is 0.500. The normalized spacial score (nSPS) is 23.8. The summed E-state index contributed by atoms with van der Waals surface area (Å²) in [5.74, 6) is 1.37. The Bertz CT molecular complexity index is 1160. The number of nitrogens with one attached hydrogen (secondary N) is 1. The molecule has 1 saturated carbocycles. The highest BCUT2D eigenvalue weighted by molar-refractivity contribution is 7.97. The molecule has 5 rings (SSSR count). The van der Waals surface area contributed by atoms with Gasteiger partial charge in [0, 0.05) is 41.7 Å². The smallest absolute Gasteiger partial charge is 0.251 e. The number of nitrogens with zero attached hydrogens (tertiary/aromatic N) is 3. The lowest BCUT2D eigenvalue weighted by Crippen LogP contribution is -2.19. The van der Waals surface area contributed by atoms with E-state index < -0.39 is 0 Å². The van der Waals surface area contributed by atoms with Crippen molar-refractivity contribution in [2.24, 2.45) is 11.8 Å². The van der Waals surface area contributed by atoms with Crippen LogP contribution in [0.3, 0.4) is 0 Å². The molecule has 0 bridgehead atoms. The number of halogens is 1. The van der Waals surface area contributed by atoms with Gasteiger partial charge in [-0.2, -0.15) is 5.10 Å². The predicted molar refractivity (Wildman–Crippen MR) is 125 cm³/mol. The van der Waals surface area contributed by atoms with E-state index in [4.69, 9.17) is 0 Å². The van der Waals surface area contributed by atoms with Crippen LogP contribution in [0.15, 0.2) is 35.3 Å². The van der Waals surface area contributed by atoms with E-state index in [1.165, 1.54) is 6.07 Å². The van der Waals surface area contributed by atoms with Crippen LogP contribution in [0.25, 0.3) is 22.2 Å². The van der Waals surface area contributed by atoms with Crippen LogP contribution in [0.4, 0.5) is 4.39 Å². The number of aromatic amines is 1. The zero-order valence-corrected chi connectivity index (χ0v) is 19.1. The second-order valence-corrected chi connectivity index (χ2v) is 10.9. The molecular weight excluding hydrogens is 411 g/mol. The molecule has 1 aliphatic carbocycles. The number of benzene rings is 1. The van der Waals surface area contributed by atoms with Crippen molar-refractivity contribution in [1.29, 1.82) is 0 Å². The van der Waals surface area contributed by atoms with Gasteiger partial charge in [-0.05, 0) is 55.7 Å². The summed E-state index contributed by atoms with van der Waals surface area (Å²) in [6, 6.07) is 7.27. The Morgan fingerprint density at radius 1 is 1.23 bits per heavy atom. The van der Waals surface area contributed by atoms with Gasteiger partial charge in [-0.15, -0.1) is 0 Å². The quantitative estimate of drug-likeness (QED) is 0.565. The lowest BCUT2D eigenvalue weighted by atomic mass is 9.96. The zero-order chi connectivity index (χ0) is 21.7. The van der Waals surface area contributed by atoms with Gasteiger partial charge < -0.3 is 4.98 Å². The molecule has 1 saturated heterocycles. The maximum absolute atomic E-state index is 14.6. The molecule has 3 heterocycles. The van der Waals surface area contributed by atoms with Gasteiger partial charge in [0.25, 0.3) is 5.56 Å². The highest BCUT2D eigenvalue weighted by Gasteiger charge is 2.42. The summed E-state index contributed by atoms with van der Waals surface area (Å²) < 4.78 is 18.9. The molecular formula is C24H29FN4OS. The third-order valence-electron chi connectivity index (χ3n) is 6.78. The third-order valence-corrected chi connectivity index (χ3v) is 7.80. The maximum atomic E-state index is 14.6. The Morgan fingerprint density at radius 3 is 2.61 bits per heavy atom. The summed E-state index contributed by atoms with van der Waals surface area (Å²) in [5.41, 5.74) is 2.90. The first-order valence-corrected chi connectivity index (χ1v) is 12.1. The van der Waals surface area contributed by atoms with E-state index in [0.717, 1.165) is 37.0 Å². The minimum atomic E-state index is -0.315. The van der Waals surface area contributed by atoms with Crippen molar-refractivity contribution in [2.75, 3.05) is 13.1 Å². The minimum absolute atomic E-state index is 0.0413. The minimum Gasteiger partial charge on any atom is -0.322 e. The average Bonchev–Trinajstić information content (AvgIpc) is 3.40. The Hall–Kier alpha value is -2.12. The van der Waals surface area contributed by atoms with Gasteiger partial charge in [-0.3, -0.25) is 9.48 Å². The Balaban J connectivity index is 1.37. The summed E-state index contributed by atoms with van der Waals surface area (Å²) in [4.78, 5) is 16.0. The molecule has 2 unspecified atom stereocenters. The second kappa shape index (κ2) is 8.10. The van der Waals surface area contributed by atoms with E-state index in [1.54, 1.807) is 10.9 Å². The molecule has 2 aliphatic rings. The predicted octanol–water partition coefficient (Wildman–Crippen LogP) is 5.03. The first-order chi connectivity index (χ1) is 14.9. The van der Waals surface area contributed by atoms with Crippen molar-refractivity contribution < 1.29 is 4.39 Å². The fourth-order valence-corrected chi connectivity index (χ4v) is 6.56. The summed E-state index contributed by atoms with van der Waals surface area (Å²) in [7, 11) is 0. The van der Waals surface area contributed by atoms with Crippen molar-refractivity contribution in [3.8, 4) is 11.3 Å². The Morgan fingerprint density at radius 2 is 1.97 bits per heavy atom. The summed E-state index contributed by atoms with van der Waals surface area (Å²) >= 11 is 1.95. The zero-order valence-electron chi connectivity index (χ0n) is 18.3. The van der Waals surface area contributed by atoms with E-state index in [0.29, 0.717) is 46.2 Å². The van der Waals surface area contributed by atoms with Crippen LogP contribution in [0, 0.1) is 17.7 Å². The number of rotatable bonds is 5.